The lowest BCUT2D eigenvalue weighted by Gasteiger charge is -2.10. The summed E-state index contributed by atoms with van der Waals surface area (Å²) in [6.07, 6.45) is 37.7. The van der Waals surface area contributed by atoms with Gasteiger partial charge in [0.2, 0.25) is 0 Å². The highest BCUT2D eigenvalue weighted by molar-refractivity contribution is 4.92. The molecule has 0 spiro atoms. The van der Waals surface area contributed by atoms with E-state index in [-0.39, 0.29) is 6.10 Å². The third-order valence-corrected chi connectivity index (χ3v) is 6.13. The molecule has 0 radical (unpaired) electrons. The van der Waals surface area contributed by atoms with Crippen molar-refractivity contribution in [3.63, 3.8) is 0 Å². The topological polar surface area (TPSA) is 20.2 Å². The van der Waals surface area contributed by atoms with Crippen LogP contribution in [0.2, 0.25) is 0 Å². The van der Waals surface area contributed by atoms with Gasteiger partial charge in [-0.25, -0.2) is 0 Å². The van der Waals surface area contributed by atoms with Crippen molar-refractivity contribution in [1.82, 2.24) is 0 Å². The average Bonchev–Trinajstić information content (AvgIpc) is 2.75. The quantitative estimate of drug-likeness (QED) is 0.122. The van der Waals surface area contributed by atoms with Gasteiger partial charge in [0.05, 0.1) is 6.10 Å². The molecule has 0 heterocycles. The Morgan fingerprint density at radius 3 is 1.33 bits per heavy atom. The van der Waals surface area contributed by atoms with E-state index in [4.69, 9.17) is 0 Å². The maximum atomic E-state index is 10.1. The van der Waals surface area contributed by atoms with Crippen LogP contribution in [-0.4, -0.2) is 11.2 Å². The summed E-state index contributed by atoms with van der Waals surface area (Å²) >= 11 is 0. The fourth-order valence-electron chi connectivity index (χ4n) is 4.03. The van der Waals surface area contributed by atoms with Gasteiger partial charge in [-0.2, -0.15) is 0 Å². The number of rotatable bonds is 24. The summed E-state index contributed by atoms with van der Waals surface area (Å²) in [6, 6.07) is 0. The van der Waals surface area contributed by atoms with E-state index in [1.54, 1.807) is 0 Å². The fourth-order valence-corrected chi connectivity index (χ4v) is 4.03. The van der Waals surface area contributed by atoms with E-state index < -0.39 is 0 Å². The van der Waals surface area contributed by atoms with Gasteiger partial charge in [-0.3, -0.25) is 0 Å². The van der Waals surface area contributed by atoms with Gasteiger partial charge in [-0.15, -0.1) is 0 Å². The minimum atomic E-state index is -0.0429. The lowest BCUT2D eigenvalue weighted by Crippen LogP contribution is -2.05. The van der Waals surface area contributed by atoms with Crippen molar-refractivity contribution >= 4 is 0 Å². The molecule has 1 N–H and O–H groups in total. The van der Waals surface area contributed by atoms with Crippen LogP contribution in [0.3, 0.4) is 0 Å². The van der Waals surface area contributed by atoms with Crippen LogP contribution in [0.1, 0.15) is 155 Å². The zero-order chi connectivity index (χ0) is 22.0. The number of allylic oxidation sites excluding steroid dienone is 4. The molecule has 0 aliphatic heterocycles. The highest BCUT2D eigenvalue weighted by Crippen LogP contribution is 2.15. The van der Waals surface area contributed by atoms with Crippen molar-refractivity contribution in [3.05, 3.63) is 24.3 Å². The Morgan fingerprint density at radius 2 is 0.833 bits per heavy atom. The van der Waals surface area contributed by atoms with Crippen LogP contribution in [0.4, 0.5) is 0 Å². The van der Waals surface area contributed by atoms with Crippen molar-refractivity contribution in [2.75, 3.05) is 0 Å². The number of aliphatic hydroxyl groups excluding tert-OH is 1. The lowest BCUT2D eigenvalue weighted by atomic mass is 10.0. The zero-order valence-corrected chi connectivity index (χ0v) is 20.9. The number of aliphatic hydroxyl groups is 1. The summed E-state index contributed by atoms with van der Waals surface area (Å²) in [7, 11) is 0. The largest absolute Gasteiger partial charge is 0.393 e. The molecule has 0 aromatic heterocycles. The summed E-state index contributed by atoms with van der Waals surface area (Å²) in [5, 5.41) is 10.1. The first-order valence-corrected chi connectivity index (χ1v) is 13.8. The normalized spacial score (nSPS) is 13.0. The number of hydrogen-bond acceptors (Lipinski definition) is 1. The minimum absolute atomic E-state index is 0.0429. The number of hydrogen-bond donors (Lipinski definition) is 1. The average molecular weight is 421 g/mol. The van der Waals surface area contributed by atoms with Crippen LogP contribution in [0, 0.1) is 0 Å². The molecule has 0 saturated carbocycles. The Bertz CT molecular complexity index is 357. The summed E-state index contributed by atoms with van der Waals surface area (Å²) in [6.45, 7) is 4.53. The second kappa shape index (κ2) is 26.5. The molecule has 0 aromatic carbocycles. The monoisotopic (exact) mass is 420 g/mol. The van der Waals surface area contributed by atoms with Gasteiger partial charge in [0, 0.05) is 0 Å². The Labute approximate surface area is 190 Å². The van der Waals surface area contributed by atoms with E-state index in [0.717, 1.165) is 19.3 Å². The first-order valence-electron chi connectivity index (χ1n) is 13.8. The van der Waals surface area contributed by atoms with Crippen molar-refractivity contribution in [1.29, 1.82) is 0 Å². The Morgan fingerprint density at radius 1 is 0.467 bits per heavy atom. The molecule has 0 aliphatic carbocycles. The van der Waals surface area contributed by atoms with E-state index in [9.17, 15) is 5.11 Å². The zero-order valence-electron chi connectivity index (χ0n) is 20.9. The summed E-state index contributed by atoms with van der Waals surface area (Å²) in [4.78, 5) is 0. The lowest BCUT2D eigenvalue weighted by molar-refractivity contribution is 0.147. The van der Waals surface area contributed by atoms with Gasteiger partial charge in [0.15, 0.2) is 0 Å². The van der Waals surface area contributed by atoms with Gasteiger partial charge < -0.3 is 5.11 Å². The standard InChI is InChI=1S/C29H56O/c1-3-5-7-9-11-12-13-14-15-16-17-18-19-20-22-24-26-28-29(30)27-25-23-21-10-8-6-4-2/h11-12,14-15,29-30H,3-10,13,16-28H2,1-2H3. The van der Waals surface area contributed by atoms with Crippen molar-refractivity contribution < 1.29 is 5.11 Å². The van der Waals surface area contributed by atoms with E-state index in [0.29, 0.717) is 0 Å². The predicted molar refractivity (Wildman–Crippen MR) is 137 cm³/mol. The third-order valence-electron chi connectivity index (χ3n) is 6.13. The van der Waals surface area contributed by atoms with Crippen molar-refractivity contribution in [3.8, 4) is 0 Å². The van der Waals surface area contributed by atoms with E-state index in [2.05, 4.69) is 38.2 Å². The highest BCUT2D eigenvalue weighted by atomic mass is 16.3. The van der Waals surface area contributed by atoms with Crippen LogP contribution in [0.25, 0.3) is 0 Å². The molecule has 1 unspecified atom stereocenters. The number of unbranched alkanes of at least 4 members (excludes halogenated alkanes) is 16. The van der Waals surface area contributed by atoms with Crippen LogP contribution in [-0.2, 0) is 0 Å². The molecular formula is C29H56O. The van der Waals surface area contributed by atoms with Gasteiger partial charge >= 0.3 is 0 Å². The SMILES string of the molecule is CCCCCC=CCC=CCCCCCCCCCC(O)CCCCCCCCC. The van der Waals surface area contributed by atoms with Crippen LogP contribution in [0.5, 0.6) is 0 Å². The van der Waals surface area contributed by atoms with Gasteiger partial charge in [-0.1, -0.05) is 134 Å². The van der Waals surface area contributed by atoms with Crippen molar-refractivity contribution in [2.45, 2.75) is 161 Å². The summed E-state index contributed by atoms with van der Waals surface area (Å²) < 4.78 is 0. The molecule has 0 amide bonds. The van der Waals surface area contributed by atoms with E-state index in [1.807, 2.05) is 0 Å². The van der Waals surface area contributed by atoms with Crippen LogP contribution < -0.4 is 0 Å². The summed E-state index contributed by atoms with van der Waals surface area (Å²) in [5.41, 5.74) is 0. The second-order valence-corrected chi connectivity index (χ2v) is 9.29. The minimum Gasteiger partial charge on any atom is -0.393 e. The predicted octanol–water partition coefficient (Wildman–Crippen LogP) is 10.1. The van der Waals surface area contributed by atoms with Gasteiger partial charge in [0.1, 0.15) is 0 Å². The highest BCUT2D eigenvalue weighted by Gasteiger charge is 2.03. The first-order chi connectivity index (χ1) is 14.8. The molecule has 0 fully saturated rings. The molecule has 178 valence electrons. The first kappa shape index (κ1) is 29.4. The Balaban J connectivity index is 3.22. The van der Waals surface area contributed by atoms with E-state index in [1.165, 1.54) is 122 Å². The molecule has 1 heteroatoms. The molecule has 0 aliphatic rings. The fraction of sp³-hybridized carbons (Fsp3) is 0.862. The Kier molecular flexibility index (Phi) is 26.0. The van der Waals surface area contributed by atoms with Gasteiger partial charge in [0.25, 0.3) is 0 Å². The maximum Gasteiger partial charge on any atom is 0.0540 e. The molecule has 0 aromatic rings. The molecule has 30 heavy (non-hydrogen) atoms. The van der Waals surface area contributed by atoms with E-state index >= 15 is 0 Å². The van der Waals surface area contributed by atoms with Crippen LogP contribution in [0.15, 0.2) is 24.3 Å². The molecular weight excluding hydrogens is 364 g/mol. The Hall–Kier alpha value is -0.560. The molecule has 0 saturated heterocycles. The smallest absolute Gasteiger partial charge is 0.0540 e. The van der Waals surface area contributed by atoms with Gasteiger partial charge in [-0.05, 0) is 44.9 Å². The van der Waals surface area contributed by atoms with Crippen LogP contribution >= 0.6 is 0 Å². The maximum absolute atomic E-state index is 10.1. The molecule has 0 rings (SSSR count). The molecule has 0 bridgehead atoms. The summed E-state index contributed by atoms with van der Waals surface area (Å²) in [5.74, 6) is 0. The third kappa shape index (κ3) is 25.5. The molecule has 1 atom stereocenters. The van der Waals surface area contributed by atoms with Crippen molar-refractivity contribution in [2.24, 2.45) is 0 Å². The molecule has 1 nitrogen and oxygen atoms in total. The second-order valence-electron chi connectivity index (χ2n) is 9.29.